The van der Waals surface area contributed by atoms with E-state index in [1.807, 2.05) is 5.57 Å². The summed E-state index contributed by atoms with van der Waals surface area (Å²) in [7, 11) is 0. The van der Waals surface area contributed by atoms with Crippen molar-refractivity contribution in [2.75, 3.05) is 0 Å². The Morgan fingerprint density at radius 1 is 0.690 bits per heavy atom. The molecule has 5 aliphatic rings. The maximum atomic E-state index is 6.66. The average Bonchev–Trinajstić information content (AvgIpc) is 3.53. The molecule has 328 valence electrons. The minimum atomic E-state index is 0.0165. The molecular formula is C57H94O. The standard InChI is InChI=1S/C29H50O.C28H44/c1-21(2)12-9-13-22(3)14-10-15-23(4)16-11-18-29(8)19-17-27-25(6)20-24(5)26(7)28(27)30-29;1-19(2)20(3)10-11-21(4)24-14-15-25-23-13-12-22-9-7-8-17-27(22,5)26(23)16-18-28(24,25)6/h20-23H,9-19H2,1-8H3;10-13,19-21,24-26H,7-9,14-18H2,1-6H3/b;11-10+. The molecule has 0 aromatic heterocycles. The first-order valence-corrected chi connectivity index (χ1v) is 25.3. The van der Waals surface area contributed by atoms with Gasteiger partial charge >= 0.3 is 0 Å². The second-order valence-corrected chi connectivity index (χ2v) is 23.0. The number of hydrogen-bond donors (Lipinski definition) is 0. The van der Waals surface area contributed by atoms with Crippen molar-refractivity contribution in [3.05, 3.63) is 63.8 Å². The lowest BCUT2D eigenvalue weighted by molar-refractivity contribution is 0.0513. The Morgan fingerprint density at radius 3 is 2.03 bits per heavy atom. The van der Waals surface area contributed by atoms with E-state index in [0.29, 0.717) is 22.7 Å². The van der Waals surface area contributed by atoms with E-state index in [0.717, 1.165) is 47.8 Å². The van der Waals surface area contributed by atoms with Crippen LogP contribution in [0.5, 0.6) is 5.75 Å². The quantitative estimate of drug-likeness (QED) is 0.151. The van der Waals surface area contributed by atoms with Gasteiger partial charge in [0.15, 0.2) is 0 Å². The third-order valence-electron chi connectivity index (χ3n) is 17.6. The zero-order valence-corrected chi connectivity index (χ0v) is 40.9. The highest BCUT2D eigenvalue weighted by molar-refractivity contribution is 5.51. The van der Waals surface area contributed by atoms with Gasteiger partial charge in [-0.3, -0.25) is 0 Å². The van der Waals surface area contributed by atoms with Crippen LogP contribution in [0.3, 0.4) is 0 Å². The zero-order chi connectivity index (χ0) is 42.4. The van der Waals surface area contributed by atoms with Crippen LogP contribution in [0.1, 0.15) is 214 Å². The number of fused-ring (bicyclic) bond motifs is 6. The minimum Gasteiger partial charge on any atom is -0.487 e. The predicted molar refractivity (Wildman–Crippen MR) is 255 cm³/mol. The molecule has 1 aromatic rings. The second kappa shape index (κ2) is 20.4. The van der Waals surface area contributed by atoms with Crippen molar-refractivity contribution in [2.45, 2.75) is 225 Å². The van der Waals surface area contributed by atoms with Crippen LogP contribution >= 0.6 is 0 Å². The Kier molecular flexibility index (Phi) is 16.6. The number of rotatable bonds is 16. The van der Waals surface area contributed by atoms with Crippen molar-refractivity contribution >= 4 is 0 Å². The molecule has 0 amide bonds. The van der Waals surface area contributed by atoms with Crippen LogP contribution in [0, 0.1) is 84.9 Å². The lowest BCUT2D eigenvalue weighted by atomic mass is 9.50. The van der Waals surface area contributed by atoms with Crippen LogP contribution in [0.15, 0.2) is 41.5 Å². The smallest absolute Gasteiger partial charge is 0.126 e. The average molecular weight is 795 g/mol. The van der Waals surface area contributed by atoms with Crippen molar-refractivity contribution in [2.24, 2.45) is 64.1 Å². The highest BCUT2D eigenvalue weighted by atomic mass is 16.5. The first-order valence-electron chi connectivity index (χ1n) is 25.3. The van der Waals surface area contributed by atoms with Crippen LogP contribution in [-0.4, -0.2) is 5.60 Å². The topological polar surface area (TPSA) is 9.23 Å². The van der Waals surface area contributed by atoms with Crippen molar-refractivity contribution in [3.8, 4) is 5.75 Å². The largest absolute Gasteiger partial charge is 0.487 e. The Bertz CT molecular complexity index is 1570. The molecule has 1 aromatic carbocycles. The molecule has 4 aliphatic carbocycles. The summed E-state index contributed by atoms with van der Waals surface area (Å²) >= 11 is 0. The van der Waals surface area contributed by atoms with E-state index in [-0.39, 0.29) is 5.60 Å². The van der Waals surface area contributed by atoms with E-state index in [9.17, 15) is 0 Å². The fourth-order valence-electron chi connectivity index (χ4n) is 12.9. The molecule has 1 heteroatoms. The number of allylic oxidation sites excluding steroid dienone is 6. The van der Waals surface area contributed by atoms with E-state index >= 15 is 0 Å². The first-order chi connectivity index (χ1) is 27.4. The molecule has 58 heavy (non-hydrogen) atoms. The van der Waals surface area contributed by atoms with Gasteiger partial charge < -0.3 is 4.74 Å². The van der Waals surface area contributed by atoms with E-state index < -0.39 is 0 Å². The predicted octanol–water partition coefficient (Wildman–Crippen LogP) is 17.5. The first kappa shape index (κ1) is 47.3. The third-order valence-corrected chi connectivity index (χ3v) is 17.6. The van der Waals surface area contributed by atoms with Crippen LogP contribution in [0.4, 0.5) is 0 Å². The van der Waals surface area contributed by atoms with Gasteiger partial charge in [0.05, 0.1) is 0 Å². The summed E-state index contributed by atoms with van der Waals surface area (Å²) in [5.41, 5.74) is 10.2. The van der Waals surface area contributed by atoms with Gasteiger partial charge in [0.25, 0.3) is 0 Å². The minimum absolute atomic E-state index is 0.0165. The van der Waals surface area contributed by atoms with Crippen LogP contribution in [0.2, 0.25) is 0 Å². The fraction of sp³-hybridized carbons (Fsp3) is 0.789. The van der Waals surface area contributed by atoms with Gasteiger partial charge in [0.1, 0.15) is 11.4 Å². The van der Waals surface area contributed by atoms with E-state index in [2.05, 4.69) is 127 Å². The summed E-state index contributed by atoms with van der Waals surface area (Å²) in [4.78, 5) is 0. The highest BCUT2D eigenvalue weighted by Gasteiger charge is 2.56. The van der Waals surface area contributed by atoms with Crippen molar-refractivity contribution < 1.29 is 4.74 Å². The summed E-state index contributed by atoms with van der Waals surface area (Å²) in [5.74, 6) is 8.50. The summed E-state index contributed by atoms with van der Waals surface area (Å²) in [5, 5.41) is 0. The Balaban J connectivity index is 0.000000221. The maximum absolute atomic E-state index is 6.66. The van der Waals surface area contributed by atoms with Crippen molar-refractivity contribution in [3.63, 3.8) is 0 Å². The van der Waals surface area contributed by atoms with Gasteiger partial charge in [-0.2, -0.15) is 0 Å². The zero-order valence-electron chi connectivity index (χ0n) is 40.9. The summed E-state index contributed by atoms with van der Waals surface area (Å²) in [6, 6.07) is 2.33. The lowest BCUT2D eigenvalue weighted by Gasteiger charge is -2.54. The van der Waals surface area contributed by atoms with Gasteiger partial charge in [-0.15, -0.1) is 0 Å². The molecule has 10 unspecified atom stereocenters. The Morgan fingerprint density at radius 2 is 1.36 bits per heavy atom. The molecule has 0 radical (unpaired) electrons. The van der Waals surface area contributed by atoms with Gasteiger partial charge in [-0.1, -0.05) is 162 Å². The van der Waals surface area contributed by atoms with E-state index in [1.54, 1.807) is 5.57 Å². The van der Waals surface area contributed by atoms with Crippen molar-refractivity contribution in [1.29, 1.82) is 0 Å². The van der Waals surface area contributed by atoms with E-state index in [4.69, 9.17) is 4.74 Å². The van der Waals surface area contributed by atoms with Gasteiger partial charge in [0, 0.05) is 0 Å². The Hall–Kier alpha value is -1.76. The summed E-state index contributed by atoms with van der Waals surface area (Å²) in [6.45, 7) is 33.5. The number of hydrogen-bond acceptors (Lipinski definition) is 1. The van der Waals surface area contributed by atoms with Gasteiger partial charge in [-0.05, 0) is 185 Å². The molecule has 0 spiro atoms. The lowest BCUT2D eigenvalue weighted by Crippen LogP contribution is -2.45. The molecule has 3 saturated carbocycles. The third kappa shape index (κ3) is 11.2. The fourth-order valence-corrected chi connectivity index (χ4v) is 12.9. The van der Waals surface area contributed by atoms with Crippen LogP contribution < -0.4 is 4.74 Å². The molecule has 1 heterocycles. The molecule has 3 fully saturated rings. The Labute approximate surface area is 361 Å². The maximum Gasteiger partial charge on any atom is 0.126 e. The van der Waals surface area contributed by atoms with Gasteiger partial charge in [-0.25, -0.2) is 0 Å². The molecule has 1 nitrogen and oxygen atoms in total. The normalized spacial score (nSPS) is 31.2. The number of benzene rings is 1. The van der Waals surface area contributed by atoms with E-state index in [1.165, 1.54) is 144 Å². The summed E-state index contributed by atoms with van der Waals surface area (Å²) in [6.07, 6.45) is 36.2. The molecule has 6 rings (SSSR count). The molecule has 10 atom stereocenters. The van der Waals surface area contributed by atoms with Crippen LogP contribution in [0.25, 0.3) is 0 Å². The molecule has 0 bridgehead atoms. The highest BCUT2D eigenvalue weighted by Crippen LogP contribution is 2.66. The van der Waals surface area contributed by atoms with Crippen LogP contribution in [-0.2, 0) is 6.42 Å². The molecule has 0 saturated heterocycles. The molecule has 1 aliphatic heterocycles. The monoisotopic (exact) mass is 795 g/mol. The van der Waals surface area contributed by atoms with Gasteiger partial charge in [0.2, 0.25) is 0 Å². The summed E-state index contributed by atoms with van der Waals surface area (Å²) < 4.78 is 6.66. The SMILES string of the molecule is CC(C)C(C)/C=C/C(C)C1CCC2C3=CC=C4CCCCC4(C)C3CCC21C.Cc1cc(C)c2c(c1C)OC(C)(CCCC(C)CCCC(C)CCCC(C)C)CC2. The number of aryl methyl sites for hydroxylation is 2. The molecular weight excluding hydrogens is 701 g/mol. The number of ether oxygens (including phenoxy) is 1. The van der Waals surface area contributed by atoms with Crippen molar-refractivity contribution in [1.82, 2.24) is 0 Å². The molecule has 0 N–H and O–H groups in total. The second-order valence-electron chi connectivity index (χ2n) is 23.0.